The number of hydrogen-bond acceptors (Lipinski definition) is 1. The number of ether oxygens (including phenoxy) is 1. The minimum absolute atomic E-state index is 0.278. The molecule has 12 heavy (non-hydrogen) atoms. The predicted molar refractivity (Wildman–Crippen MR) is 47.9 cm³/mol. The van der Waals surface area contributed by atoms with E-state index < -0.39 is 7.04 Å². The average Bonchev–Trinajstić information content (AvgIpc) is 1.94. The molecule has 4 bridgehead atoms. The van der Waals surface area contributed by atoms with Crippen molar-refractivity contribution < 1.29 is 8.85 Å². The van der Waals surface area contributed by atoms with Crippen molar-refractivity contribution in [1.29, 1.82) is 0 Å². The van der Waals surface area contributed by atoms with Gasteiger partial charge in [0, 0.05) is 7.04 Å². The maximum absolute atomic E-state index is 7.28. The second kappa shape index (κ2) is 2.25. The summed E-state index contributed by atoms with van der Waals surface area (Å²) < 4.78 is 27.3. The van der Waals surface area contributed by atoms with Gasteiger partial charge in [0.2, 0.25) is 0 Å². The Kier molecular flexibility index (Phi) is 0.938. The van der Waals surface area contributed by atoms with Crippen LogP contribution in [-0.2, 0) is 4.74 Å². The quantitative estimate of drug-likeness (QED) is 0.586. The fraction of sp³-hybridized carbons (Fsp3) is 1.00. The molecule has 0 spiro atoms. The van der Waals surface area contributed by atoms with Crippen molar-refractivity contribution in [2.24, 2.45) is 17.8 Å². The van der Waals surface area contributed by atoms with Crippen LogP contribution in [0.15, 0.2) is 0 Å². The molecule has 0 aromatic carbocycles. The zero-order valence-corrected chi connectivity index (χ0v) is 7.38. The van der Waals surface area contributed by atoms with Gasteiger partial charge in [-0.05, 0) is 56.3 Å². The fourth-order valence-corrected chi connectivity index (χ4v) is 4.16. The van der Waals surface area contributed by atoms with Gasteiger partial charge in [-0.1, -0.05) is 0 Å². The summed E-state index contributed by atoms with van der Waals surface area (Å²) in [6, 6.07) is 0. The molecule has 4 aliphatic carbocycles. The number of methoxy groups -OCH3 is 1. The van der Waals surface area contributed by atoms with E-state index in [1.807, 2.05) is 0 Å². The first-order chi connectivity index (χ1) is 6.94. The third-order valence-corrected chi connectivity index (χ3v) is 4.20. The maximum Gasteiger partial charge on any atom is 0.0686 e. The van der Waals surface area contributed by atoms with Crippen LogP contribution in [-0.4, -0.2) is 12.6 Å². The minimum Gasteiger partial charge on any atom is -0.378 e. The van der Waals surface area contributed by atoms with Crippen molar-refractivity contribution in [2.45, 2.75) is 44.1 Å². The van der Waals surface area contributed by atoms with Gasteiger partial charge in [-0.25, -0.2) is 0 Å². The average molecular weight is 169 g/mol. The lowest BCUT2D eigenvalue weighted by atomic mass is 9.54. The van der Waals surface area contributed by atoms with Gasteiger partial charge in [0.15, 0.2) is 0 Å². The molecule has 68 valence electrons. The molecule has 0 aliphatic heterocycles. The standard InChI is InChI=1S/C11H18O/c1-12-11-5-8-2-9(6-11)4-10(3-8)7-11/h8-10H,2-7H2,1H3/i1D3. The van der Waals surface area contributed by atoms with Crippen molar-refractivity contribution in [3.63, 3.8) is 0 Å². The first-order valence-electron chi connectivity index (χ1n) is 6.64. The lowest BCUT2D eigenvalue weighted by Crippen LogP contribution is -2.51. The molecule has 0 heterocycles. The lowest BCUT2D eigenvalue weighted by Gasteiger charge is -2.55. The van der Waals surface area contributed by atoms with Crippen LogP contribution in [0.1, 0.15) is 42.6 Å². The molecule has 4 fully saturated rings. The van der Waals surface area contributed by atoms with Crippen LogP contribution in [0, 0.1) is 17.8 Å². The maximum atomic E-state index is 7.28. The van der Waals surface area contributed by atoms with E-state index in [2.05, 4.69) is 0 Å². The van der Waals surface area contributed by atoms with Crippen LogP contribution < -0.4 is 0 Å². The van der Waals surface area contributed by atoms with Crippen LogP contribution >= 0.6 is 0 Å². The van der Waals surface area contributed by atoms with Crippen molar-refractivity contribution in [1.82, 2.24) is 0 Å². The van der Waals surface area contributed by atoms with E-state index in [1.54, 1.807) is 0 Å². The molecule has 4 aliphatic rings. The SMILES string of the molecule is [2H]C([2H])([2H])OC12CC3CC(CC(C3)C1)C2. The smallest absolute Gasteiger partial charge is 0.0686 e. The topological polar surface area (TPSA) is 9.23 Å². The fourth-order valence-electron chi connectivity index (χ4n) is 4.16. The van der Waals surface area contributed by atoms with E-state index in [1.165, 1.54) is 19.3 Å². The van der Waals surface area contributed by atoms with E-state index in [9.17, 15) is 0 Å². The van der Waals surface area contributed by atoms with E-state index in [0.29, 0.717) is 0 Å². The molecular formula is C11H18O. The second-order valence-corrected chi connectivity index (χ2v) is 5.20. The summed E-state index contributed by atoms with van der Waals surface area (Å²) in [7, 11) is -2.20. The van der Waals surface area contributed by atoms with Gasteiger partial charge >= 0.3 is 0 Å². The van der Waals surface area contributed by atoms with Gasteiger partial charge in [-0.3, -0.25) is 0 Å². The Morgan fingerprint density at radius 3 is 2.00 bits per heavy atom. The van der Waals surface area contributed by atoms with E-state index >= 15 is 0 Å². The Hall–Kier alpha value is -0.0400. The van der Waals surface area contributed by atoms with Gasteiger partial charge < -0.3 is 4.74 Å². The van der Waals surface area contributed by atoms with E-state index in [0.717, 1.165) is 37.0 Å². The first kappa shape index (κ1) is 4.99. The highest BCUT2D eigenvalue weighted by atomic mass is 16.5. The Morgan fingerprint density at radius 1 is 1.08 bits per heavy atom. The van der Waals surface area contributed by atoms with Gasteiger partial charge in [0.25, 0.3) is 0 Å². The van der Waals surface area contributed by atoms with Crippen molar-refractivity contribution in [3.05, 3.63) is 0 Å². The highest BCUT2D eigenvalue weighted by Crippen LogP contribution is 2.56. The van der Waals surface area contributed by atoms with Crippen LogP contribution in [0.4, 0.5) is 0 Å². The zero-order chi connectivity index (χ0) is 10.7. The van der Waals surface area contributed by atoms with Gasteiger partial charge in [-0.15, -0.1) is 0 Å². The molecule has 0 saturated heterocycles. The normalized spacial score (nSPS) is 61.0. The molecule has 4 saturated carbocycles. The highest BCUT2D eigenvalue weighted by molar-refractivity contribution is 5.02. The number of rotatable bonds is 1. The summed E-state index contributed by atoms with van der Waals surface area (Å²) in [6.45, 7) is 0. The van der Waals surface area contributed by atoms with Crippen LogP contribution in [0.2, 0.25) is 0 Å². The largest absolute Gasteiger partial charge is 0.378 e. The van der Waals surface area contributed by atoms with Crippen LogP contribution in [0.3, 0.4) is 0 Å². The monoisotopic (exact) mass is 169 g/mol. The highest BCUT2D eigenvalue weighted by Gasteiger charge is 2.51. The van der Waals surface area contributed by atoms with Gasteiger partial charge in [0.1, 0.15) is 0 Å². The Bertz CT molecular complexity index is 236. The summed E-state index contributed by atoms with van der Waals surface area (Å²) in [4.78, 5) is 0. The Labute approximate surface area is 78.7 Å². The molecule has 0 unspecified atom stereocenters. The Morgan fingerprint density at radius 2 is 1.58 bits per heavy atom. The van der Waals surface area contributed by atoms with Crippen molar-refractivity contribution >= 4 is 0 Å². The lowest BCUT2D eigenvalue weighted by molar-refractivity contribution is -0.145. The summed E-state index contributed by atoms with van der Waals surface area (Å²) in [6.07, 6.45) is 6.96. The molecule has 0 amide bonds. The summed E-state index contributed by atoms with van der Waals surface area (Å²) in [5, 5.41) is 0. The summed E-state index contributed by atoms with van der Waals surface area (Å²) in [5.74, 6) is 2.25. The van der Waals surface area contributed by atoms with Gasteiger partial charge in [0.05, 0.1) is 9.71 Å². The third kappa shape index (κ3) is 0.891. The van der Waals surface area contributed by atoms with Crippen molar-refractivity contribution in [2.75, 3.05) is 7.04 Å². The van der Waals surface area contributed by atoms with E-state index in [4.69, 9.17) is 8.85 Å². The van der Waals surface area contributed by atoms with Gasteiger partial charge in [-0.2, -0.15) is 0 Å². The molecule has 0 aromatic heterocycles. The van der Waals surface area contributed by atoms with E-state index in [-0.39, 0.29) is 5.60 Å². The molecule has 0 N–H and O–H groups in total. The Balaban J connectivity index is 1.81. The number of hydrogen-bond donors (Lipinski definition) is 0. The minimum atomic E-state index is -2.20. The van der Waals surface area contributed by atoms with Crippen LogP contribution in [0.25, 0.3) is 0 Å². The third-order valence-electron chi connectivity index (χ3n) is 4.20. The summed E-state index contributed by atoms with van der Waals surface area (Å²) in [5.41, 5.74) is -0.278. The summed E-state index contributed by atoms with van der Waals surface area (Å²) >= 11 is 0. The zero-order valence-electron chi connectivity index (χ0n) is 10.4. The molecule has 0 aromatic rings. The van der Waals surface area contributed by atoms with Crippen molar-refractivity contribution in [3.8, 4) is 0 Å². The molecule has 1 heteroatoms. The molecule has 1 nitrogen and oxygen atoms in total. The second-order valence-electron chi connectivity index (χ2n) is 5.20. The first-order valence-corrected chi connectivity index (χ1v) is 5.14. The molecule has 0 atom stereocenters. The predicted octanol–water partition coefficient (Wildman–Crippen LogP) is 2.60. The molecule has 4 rings (SSSR count). The molecule has 0 radical (unpaired) electrons. The van der Waals surface area contributed by atoms with Crippen LogP contribution in [0.5, 0.6) is 0 Å². The molecular weight excluding hydrogens is 148 g/mol.